The lowest BCUT2D eigenvalue weighted by atomic mass is 9.69. The summed E-state index contributed by atoms with van der Waals surface area (Å²) in [5.74, 6) is -4.52. The number of hydrogen-bond acceptors (Lipinski definition) is 4. The van der Waals surface area contributed by atoms with Crippen LogP contribution in [0.5, 0.6) is 0 Å². The Morgan fingerprint density at radius 2 is 1.97 bits per heavy atom. The van der Waals surface area contributed by atoms with E-state index in [9.17, 15) is 14.0 Å². The zero-order chi connectivity index (χ0) is 21.5. The SMILES string of the molecule is Cc1nccc(C(=O)NC2CCCC3(C2)C(=O)N(c2ccc(F)cc2)CC3(F)F)n1. The van der Waals surface area contributed by atoms with Gasteiger partial charge < -0.3 is 10.2 Å². The number of halogens is 3. The highest BCUT2D eigenvalue weighted by atomic mass is 19.3. The van der Waals surface area contributed by atoms with E-state index in [2.05, 4.69) is 15.3 Å². The number of aromatic nitrogens is 2. The van der Waals surface area contributed by atoms with Gasteiger partial charge in [0.1, 0.15) is 22.8 Å². The molecular weight excluding hydrogens is 397 g/mol. The Morgan fingerprint density at radius 1 is 1.23 bits per heavy atom. The van der Waals surface area contributed by atoms with Crippen molar-refractivity contribution in [3.05, 3.63) is 53.9 Å². The number of aryl methyl sites for hydroxylation is 1. The first-order valence-electron chi connectivity index (χ1n) is 9.78. The van der Waals surface area contributed by atoms with Gasteiger partial charge >= 0.3 is 0 Å². The molecule has 2 heterocycles. The number of nitrogens with one attached hydrogen (secondary N) is 1. The maximum absolute atomic E-state index is 15.2. The Bertz CT molecular complexity index is 982. The summed E-state index contributed by atoms with van der Waals surface area (Å²) in [5.41, 5.74) is -1.50. The third kappa shape index (κ3) is 3.42. The molecule has 4 rings (SSSR count). The first kappa shape index (κ1) is 20.3. The Labute approximate surface area is 171 Å². The molecule has 6 nitrogen and oxygen atoms in total. The molecule has 2 aromatic rings. The maximum atomic E-state index is 15.2. The van der Waals surface area contributed by atoms with Crippen molar-refractivity contribution in [1.82, 2.24) is 15.3 Å². The molecule has 1 aliphatic carbocycles. The van der Waals surface area contributed by atoms with E-state index in [0.717, 1.165) is 17.0 Å². The van der Waals surface area contributed by atoms with Gasteiger partial charge in [-0.2, -0.15) is 0 Å². The van der Waals surface area contributed by atoms with Crippen molar-refractivity contribution in [3.8, 4) is 0 Å². The minimum atomic E-state index is -3.27. The fourth-order valence-corrected chi connectivity index (χ4v) is 4.43. The van der Waals surface area contributed by atoms with Crippen LogP contribution in [-0.4, -0.2) is 40.3 Å². The average molecular weight is 418 g/mol. The summed E-state index contributed by atoms with van der Waals surface area (Å²) in [6.45, 7) is 0.886. The zero-order valence-corrected chi connectivity index (χ0v) is 16.4. The van der Waals surface area contributed by atoms with Crippen molar-refractivity contribution < 1.29 is 22.8 Å². The van der Waals surface area contributed by atoms with Gasteiger partial charge in [0.2, 0.25) is 5.91 Å². The number of nitrogens with zero attached hydrogens (tertiary/aromatic N) is 3. The van der Waals surface area contributed by atoms with Gasteiger partial charge in [0.15, 0.2) is 0 Å². The number of hydrogen-bond donors (Lipinski definition) is 1. The van der Waals surface area contributed by atoms with Crippen LogP contribution in [-0.2, 0) is 4.79 Å². The van der Waals surface area contributed by atoms with E-state index >= 15 is 8.78 Å². The molecule has 2 unspecified atom stereocenters. The van der Waals surface area contributed by atoms with E-state index in [1.165, 1.54) is 24.4 Å². The molecule has 158 valence electrons. The van der Waals surface area contributed by atoms with Gasteiger partial charge in [-0.1, -0.05) is 6.42 Å². The van der Waals surface area contributed by atoms with Crippen molar-refractivity contribution in [2.75, 3.05) is 11.4 Å². The maximum Gasteiger partial charge on any atom is 0.280 e. The summed E-state index contributed by atoms with van der Waals surface area (Å²) in [5, 5.41) is 2.75. The molecule has 2 amide bonds. The molecule has 1 N–H and O–H groups in total. The molecule has 1 saturated heterocycles. The summed E-state index contributed by atoms with van der Waals surface area (Å²) < 4.78 is 43.5. The monoisotopic (exact) mass is 418 g/mol. The van der Waals surface area contributed by atoms with Crippen LogP contribution in [0.3, 0.4) is 0 Å². The van der Waals surface area contributed by atoms with Crippen LogP contribution in [0.15, 0.2) is 36.5 Å². The van der Waals surface area contributed by atoms with Gasteiger partial charge in [0, 0.05) is 17.9 Å². The van der Waals surface area contributed by atoms with Crippen LogP contribution < -0.4 is 10.2 Å². The standard InChI is InChI=1S/C21H21F3N4O2/c1-13-25-10-8-17(26-13)18(29)27-15-3-2-9-20(11-15)19(30)28(12-21(20,23)24)16-6-4-14(22)5-7-16/h4-8,10,15H,2-3,9,11-12H2,1H3,(H,27,29). The van der Waals surface area contributed by atoms with Crippen molar-refractivity contribution in [3.63, 3.8) is 0 Å². The van der Waals surface area contributed by atoms with Crippen LogP contribution >= 0.6 is 0 Å². The van der Waals surface area contributed by atoms with E-state index in [4.69, 9.17) is 0 Å². The minimum absolute atomic E-state index is 0.0372. The van der Waals surface area contributed by atoms with E-state index in [-0.39, 0.29) is 24.2 Å². The van der Waals surface area contributed by atoms with Crippen LogP contribution in [0.4, 0.5) is 18.9 Å². The molecule has 30 heavy (non-hydrogen) atoms. The van der Waals surface area contributed by atoms with E-state index in [1.54, 1.807) is 6.92 Å². The molecule has 2 fully saturated rings. The molecule has 0 bridgehead atoms. The largest absolute Gasteiger partial charge is 0.348 e. The molecule has 1 aliphatic heterocycles. The number of carbonyl (C=O) groups is 2. The third-order valence-corrected chi connectivity index (χ3v) is 5.94. The molecule has 0 radical (unpaired) electrons. The van der Waals surface area contributed by atoms with Crippen LogP contribution in [0, 0.1) is 18.2 Å². The first-order chi connectivity index (χ1) is 14.2. The van der Waals surface area contributed by atoms with Crippen LogP contribution in [0.25, 0.3) is 0 Å². The normalized spacial score (nSPS) is 25.5. The van der Waals surface area contributed by atoms with E-state index in [0.29, 0.717) is 18.7 Å². The number of alkyl halides is 2. The predicted molar refractivity (Wildman–Crippen MR) is 103 cm³/mol. The number of anilines is 1. The number of amides is 2. The van der Waals surface area contributed by atoms with Crippen molar-refractivity contribution in [1.29, 1.82) is 0 Å². The molecule has 1 saturated carbocycles. The Hall–Kier alpha value is -2.97. The minimum Gasteiger partial charge on any atom is -0.348 e. The smallest absolute Gasteiger partial charge is 0.280 e. The van der Waals surface area contributed by atoms with E-state index < -0.39 is 41.6 Å². The molecule has 2 aliphatic rings. The number of carbonyl (C=O) groups excluding carboxylic acids is 2. The summed E-state index contributed by atoms with van der Waals surface area (Å²) in [6.07, 6.45) is 2.21. The van der Waals surface area contributed by atoms with Crippen molar-refractivity contribution in [2.24, 2.45) is 5.41 Å². The van der Waals surface area contributed by atoms with Crippen LogP contribution in [0.1, 0.15) is 42.0 Å². The molecule has 2 atom stereocenters. The highest BCUT2D eigenvalue weighted by molar-refractivity contribution is 6.01. The fraction of sp³-hybridized carbons (Fsp3) is 0.429. The molecule has 1 spiro atoms. The average Bonchev–Trinajstić information content (AvgIpc) is 2.89. The first-order valence-corrected chi connectivity index (χ1v) is 9.78. The number of benzene rings is 1. The summed E-state index contributed by atoms with van der Waals surface area (Å²) >= 11 is 0. The van der Waals surface area contributed by atoms with E-state index in [1.807, 2.05) is 0 Å². The highest BCUT2D eigenvalue weighted by Gasteiger charge is 2.67. The Kier molecular flexibility index (Phi) is 4.99. The summed E-state index contributed by atoms with van der Waals surface area (Å²) in [7, 11) is 0. The molecule has 9 heteroatoms. The highest BCUT2D eigenvalue weighted by Crippen LogP contribution is 2.54. The summed E-state index contributed by atoms with van der Waals surface area (Å²) in [6, 6.07) is 5.79. The Morgan fingerprint density at radius 3 is 2.67 bits per heavy atom. The van der Waals surface area contributed by atoms with Gasteiger partial charge in [-0.15, -0.1) is 0 Å². The van der Waals surface area contributed by atoms with Crippen molar-refractivity contribution >= 4 is 17.5 Å². The Balaban J connectivity index is 1.56. The lowest BCUT2D eigenvalue weighted by molar-refractivity contribution is -0.149. The third-order valence-electron chi connectivity index (χ3n) is 5.94. The second-order valence-electron chi connectivity index (χ2n) is 7.91. The van der Waals surface area contributed by atoms with Gasteiger partial charge in [0.25, 0.3) is 11.8 Å². The van der Waals surface area contributed by atoms with Gasteiger partial charge in [-0.3, -0.25) is 9.59 Å². The second kappa shape index (κ2) is 7.37. The molecule has 1 aromatic carbocycles. The van der Waals surface area contributed by atoms with Gasteiger partial charge in [-0.25, -0.2) is 23.1 Å². The van der Waals surface area contributed by atoms with Gasteiger partial charge in [0.05, 0.1) is 6.54 Å². The van der Waals surface area contributed by atoms with Crippen LogP contribution in [0.2, 0.25) is 0 Å². The summed E-state index contributed by atoms with van der Waals surface area (Å²) in [4.78, 5) is 34.7. The van der Waals surface area contributed by atoms with Crippen molar-refractivity contribution in [2.45, 2.75) is 44.6 Å². The van der Waals surface area contributed by atoms with Gasteiger partial charge in [-0.05, 0) is 56.5 Å². The molecule has 1 aromatic heterocycles. The second-order valence-corrected chi connectivity index (χ2v) is 7.91. The molecular formula is C21H21F3N4O2. The zero-order valence-electron chi connectivity index (χ0n) is 16.4. The predicted octanol–water partition coefficient (Wildman–Crippen LogP) is 3.27. The topological polar surface area (TPSA) is 75.2 Å². The quantitative estimate of drug-likeness (QED) is 0.830. The lowest BCUT2D eigenvalue weighted by Gasteiger charge is -2.39. The lowest BCUT2D eigenvalue weighted by Crippen LogP contribution is -2.51. The fourth-order valence-electron chi connectivity index (χ4n) is 4.43. The number of rotatable bonds is 3.